The second-order valence-electron chi connectivity index (χ2n) is 9.44. The summed E-state index contributed by atoms with van der Waals surface area (Å²) in [7, 11) is 0. The maximum atomic E-state index is 13.0. The van der Waals surface area contributed by atoms with Crippen molar-refractivity contribution in [1.29, 1.82) is 0 Å². The molecule has 0 bridgehead atoms. The average molecular weight is 438 g/mol. The fourth-order valence-electron chi connectivity index (χ4n) is 4.84. The second kappa shape index (κ2) is 8.64. The third kappa shape index (κ3) is 4.14. The summed E-state index contributed by atoms with van der Waals surface area (Å²) in [5.74, 6) is 3.04. The van der Waals surface area contributed by atoms with Crippen LogP contribution in [0.1, 0.15) is 84.7 Å². The van der Waals surface area contributed by atoms with E-state index in [0.29, 0.717) is 37.5 Å². The quantitative estimate of drug-likeness (QED) is 0.687. The Morgan fingerprint density at radius 3 is 2.84 bits per heavy atom. The van der Waals surface area contributed by atoms with Crippen molar-refractivity contribution in [3.8, 4) is 0 Å². The normalized spacial score (nSPS) is 21.1. The lowest BCUT2D eigenvalue weighted by molar-refractivity contribution is -0.119. The highest BCUT2D eigenvalue weighted by Gasteiger charge is 2.35. The molecule has 2 amide bonds. The minimum Gasteiger partial charge on any atom is -0.361 e. The molecule has 0 N–H and O–H groups in total. The van der Waals surface area contributed by atoms with E-state index in [2.05, 4.69) is 12.1 Å². The molecule has 8 nitrogen and oxygen atoms in total. The van der Waals surface area contributed by atoms with E-state index >= 15 is 0 Å². The van der Waals surface area contributed by atoms with E-state index in [4.69, 9.17) is 14.5 Å². The van der Waals surface area contributed by atoms with Crippen LogP contribution in [0.15, 0.2) is 10.6 Å². The van der Waals surface area contributed by atoms with Gasteiger partial charge in [0, 0.05) is 55.7 Å². The molecule has 0 aromatic carbocycles. The van der Waals surface area contributed by atoms with E-state index in [9.17, 15) is 9.59 Å². The highest BCUT2D eigenvalue weighted by molar-refractivity contribution is 5.95. The van der Waals surface area contributed by atoms with Crippen LogP contribution in [0.5, 0.6) is 0 Å². The van der Waals surface area contributed by atoms with Gasteiger partial charge in [-0.2, -0.15) is 0 Å². The number of aryl methyl sites for hydroxylation is 2. The van der Waals surface area contributed by atoms with E-state index < -0.39 is 0 Å². The van der Waals surface area contributed by atoms with Crippen molar-refractivity contribution in [2.24, 2.45) is 5.92 Å². The number of nitrogens with zero attached hydrogens (tertiary/aromatic N) is 5. The molecule has 1 saturated carbocycles. The Hall–Kier alpha value is -2.77. The van der Waals surface area contributed by atoms with Gasteiger partial charge in [-0.1, -0.05) is 12.1 Å². The van der Waals surface area contributed by atoms with Crippen LogP contribution < -0.4 is 4.90 Å². The molecule has 1 aliphatic carbocycles. The number of hydrogen-bond donors (Lipinski definition) is 0. The summed E-state index contributed by atoms with van der Waals surface area (Å²) >= 11 is 0. The summed E-state index contributed by atoms with van der Waals surface area (Å²) in [5, 5.41) is 3.99. The Morgan fingerprint density at radius 1 is 1.22 bits per heavy atom. The maximum Gasteiger partial charge on any atom is 0.276 e. The molecule has 1 saturated heterocycles. The molecule has 0 unspecified atom stereocenters. The predicted octanol–water partition coefficient (Wildman–Crippen LogP) is 3.43. The zero-order chi connectivity index (χ0) is 22.2. The molecule has 3 aliphatic rings. The SMILES string of the molecule is CCCc1cc(C(=O)N2CCC[C@H](c3nc(C)c4c(n3)N(CC3CC3)C(=O)CC4)C2)no1. The number of rotatable bonds is 6. The van der Waals surface area contributed by atoms with Crippen molar-refractivity contribution in [3.63, 3.8) is 0 Å². The van der Waals surface area contributed by atoms with Gasteiger partial charge in [0.2, 0.25) is 5.91 Å². The topological polar surface area (TPSA) is 92.4 Å². The van der Waals surface area contributed by atoms with Gasteiger partial charge in [0.25, 0.3) is 5.91 Å². The molecular formula is C24H31N5O3. The van der Waals surface area contributed by atoms with Gasteiger partial charge in [-0.15, -0.1) is 0 Å². The van der Waals surface area contributed by atoms with E-state index in [1.807, 2.05) is 16.7 Å². The highest BCUT2D eigenvalue weighted by atomic mass is 16.5. The van der Waals surface area contributed by atoms with Gasteiger partial charge in [-0.25, -0.2) is 9.97 Å². The van der Waals surface area contributed by atoms with E-state index in [0.717, 1.165) is 60.9 Å². The van der Waals surface area contributed by atoms with E-state index in [1.165, 1.54) is 12.8 Å². The lowest BCUT2D eigenvalue weighted by atomic mass is 9.95. The minimum absolute atomic E-state index is 0.0542. The Labute approximate surface area is 188 Å². The number of carbonyl (C=O) groups excluding carboxylic acids is 2. The van der Waals surface area contributed by atoms with Gasteiger partial charge >= 0.3 is 0 Å². The first-order valence-electron chi connectivity index (χ1n) is 12.0. The van der Waals surface area contributed by atoms with Crippen LogP contribution >= 0.6 is 0 Å². The molecule has 2 aliphatic heterocycles. The first-order chi connectivity index (χ1) is 15.5. The van der Waals surface area contributed by atoms with Gasteiger partial charge < -0.3 is 9.42 Å². The Bertz CT molecular complexity index is 1030. The van der Waals surface area contributed by atoms with Crippen molar-refractivity contribution in [1.82, 2.24) is 20.0 Å². The highest BCUT2D eigenvalue weighted by Crippen LogP contribution is 2.36. The summed E-state index contributed by atoms with van der Waals surface area (Å²) in [5.41, 5.74) is 2.43. The molecule has 170 valence electrons. The predicted molar refractivity (Wildman–Crippen MR) is 119 cm³/mol. The third-order valence-corrected chi connectivity index (χ3v) is 6.84. The van der Waals surface area contributed by atoms with E-state index in [1.54, 1.807) is 6.07 Å². The average Bonchev–Trinajstić information content (AvgIpc) is 3.50. The lowest BCUT2D eigenvalue weighted by Crippen LogP contribution is -2.41. The van der Waals surface area contributed by atoms with Gasteiger partial charge in [0.05, 0.1) is 0 Å². The van der Waals surface area contributed by atoms with Crippen LogP contribution in [0.3, 0.4) is 0 Å². The number of hydrogen-bond acceptors (Lipinski definition) is 6. The smallest absolute Gasteiger partial charge is 0.276 e. The number of anilines is 1. The number of carbonyl (C=O) groups is 2. The van der Waals surface area contributed by atoms with Crippen LogP contribution in [-0.4, -0.2) is 51.5 Å². The largest absolute Gasteiger partial charge is 0.361 e. The van der Waals surface area contributed by atoms with Crippen LogP contribution in [0.25, 0.3) is 0 Å². The Kier molecular flexibility index (Phi) is 5.69. The fraction of sp³-hybridized carbons (Fsp3) is 0.625. The molecule has 0 spiro atoms. The molecular weight excluding hydrogens is 406 g/mol. The summed E-state index contributed by atoms with van der Waals surface area (Å²) in [6, 6.07) is 1.76. The van der Waals surface area contributed by atoms with Crippen LogP contribution in [0, 0.1) is 12.8 Å². The number of piperidine rings is 1. The van der Waals surface area contributed by atoms with E-state index in [-0.39, 0.29) is 17.7 Å². The summed E-state index contributed by atoms with van der Waals surface area (Å²) in [6.45, 7) is 6.11. The molecule has 4 heterocycles. The molecule has 1 atom stereocenters. The number of amides is 2. The van der Waals surface area contributed by atoms with Gasteiger partial charge in [0.15, 0.2) is 5.69 Å². The molecule has 8 heteroatoms. The molecule has 2 aromatic heterocycles. The lowest BCUT2D eigenvalue weighted by Gasteiger charge is -2.33. The molecule has 0 radical (unpaired) electrons. The zero-order valence-corrected chi connectivity index (χ0v) is 19.0. The van der Waals surface area contributed by atoms with Crippen molar-refractivity contribution >= 4 is 17.6 Å². The third-order valence-electron chi connectivity index (χ3n) is 6.84. The van der Waals surface area contributed by atoms with Crippen molar-refractivity contribution in [2.75, 3.05) is 24.5 Å². The standard InChI is InChI=1S/C24H31N5O3/c1-3-5-18-12-20(27-32-18)24(31)28-11-4-6-17(14-28)22-25-15(2)19-9-10-21(30)29(23(19)26-22)13-16-7-8-16/h12,16-17H,3-11,13-14H2,1-2H3/t17-/m0/s1. The van der Waals surface area contributed by atoms with Gasteiger partial charge in [-0.05, 0) is 51.4 Å². The second-order valence-corrected chi connectivity index (χ2v) is 9.44. The summed E-state index contributed by atoms with van der Waals surface area (Å²) in [6.07, 6.45) is 7.18. The van der Waals surface area contributed by atoms with Crippen molar-refractivity contribution in [2.45, 2.75) is 71.1 Å². The van der Waals surface area contributed by atoms with Crippen LogP contribution in [-0.2, 0) is 17.6 Å². The van der Waals surface area contributed by atoms with Gasteiger partial charge in [0.1, 0.15) is 17.4 Å². The minimum atomic E-state index is -0.0963. The molecule has 2 fully saturated rings. The zero-order valence-electron chi connectivity index (χ0n) is 19.0. The molecule has 5 rings (SSSR count). The van der Waals surface area contributed by atoms with Crippen LogP contribution in [0.2, 0.25) is 0 Å². The van der Waals surface area contributed by atoms with Crippen molar-refractivity contribution in [3.05, 3.63) is 34.6 Å². The summed E-state index contributed by atoms with van der Waals surface area (Å²) in [4.78, 5) is 39.2. The Morgan fingerprint density at radius 2 is 2.06 bits per heavy atom. The van der Waals surface area contributed by atoms with Gasteiger partial charge in [-0.3, -0.25) is 14.5 Å². The number of likely N-dealkylation sites (tertiary alicyclic amines) is 1. The fourth-order valence-corrected chi connectivity index (χ4v) is 4.84. The van der Waals surface area contributed by atoms with Crippen LogP contribution in [0.4, 0.5) is 5.82 Å². The molecule has 2 aromatic rings. The molecule has 32 heavy (non-hydrogen) atoms. The number of fused-ring (bicyclic) bond motifs is 1. The monoisotopic (exact) mass is 437 g/mol. The first kappa shape index (κ1) is 21.1. The Balaban J connectivity index is 1.37. The summed E-state index contributed by atoms with van der Waals surface area (Å²) < 4.78 is 5.31. The number of aromatic nitrogens is 3. The van der Waals surface area contributed by atoms with Crippen molar-refractivity contribution < 1.29 is 14.1 Å². The first-order valence-corrected chi connectivity index (χ1v) is 12.0. The maximum absolute atomic E-state index is 13.0.